The van der Waals surface area contributed by atoms with Crippen LogP contribution >= 0.6 is 0 Å². The third-order valence-corrected chi connectivity index (χ3v) is 5.18. The number of nitrogens with one attached hydrogen (secondary N) is 1. The molecule has 0 unspecified atom stereocenters. The Balaban J connectivity index is 1.74. The van der Waals surface area contributed by atoms with E-state index >= 15 is 0 Å². The molecule has 1 N–H and O–H groups in total. The van der Waals surface area contributed by atoms with Gasteiger partial charge in [0.2, 0.25) is 5.76 Å². The highest BCUT2D eigenvalue weighted by Gasteiger charge is 2.28. The van der Waals surface area contributed by atoms with Crippen molar-refractivity contribution in [3.05, 3.63) is 64.9 Å². The predicted octanol–water partition coefficient (Wildman–Crippen LogP) is 3.77. The van der Waals surface area contributed by atoms with E-state index in [9.17, 15) is 9.59 Å². The van der Waals surface area contributed by atoms with Crippen molar-refractivity contribution in [1.82, 2.24) is 4.90 Å². The van der Waals surface area contributed by atoms with Crippen LogP contribution in [0.15, 0.2) is 46.9 Å². The Bertz CT molecular complexity index is 1050. The highest BCUT2D eigenvalue weighted by atomic mass is 16.5. The molecule has 6 nitrogen and oxygen atoms in total. The summed E-state index contributed by atoms with van der Waals surface area (Å²) in [7, 11) is 0. The molecule has 2 heterocycles. The Kier molecular flexibility index (Phi) is 4.88. The van der Waals surface area contributed by atoms with Crippen LogP contribution in [-0.4, -0.2) is 43.0 Å². The van der Waals surface area contributed by atoms with Crippen molar-refractivity contribution in [3.8, 4) is 0 Å². The average molecular weight is 378 g/mol. The summed E-state index contributed by atoms with van der Waals surface area (Å²) in [6.07, 6.45) is 0. The van der Waals surface area contributed by atoms with E-state index in [1.54, 1.807) is 17.0 Å². The molecule has 6 heteroatoms. The number of furan rings is 1. The van der Waals surface area contributed by atoms with Crippen LogP contribution in [0.2, 0.25) is 0 Å². The maximum Gasteiger partial charge on any atom is 0.291 e. The van der Waals surface area contributed by atoms with Gasteiger partial charge >= 0.3 is 0 Å². The summed E-state index contributed by atoms with van der Waals surface area (Å²) in [6.45, 7) is 5.87. The topological polar surface area (TPSA) is 71.8 Å². The van der Waals surface area contributed by atoms with E-state index in [1.807, 2.05) is 44.2 Å². The van der Waals surface area contributed by atoms with Crippen molar-refractivity contribution < 1.29 is 18.7 Å². The lowest BCUT2D eigenvalue weighted by atomic mass is 10.0. The first kappa shape index (κ1) is 18.3. The number of ether oxygens (including phenoxy) is 1. The van der Waals surface area contributed by atoms with Crippen LogP contribution in [0.25, 0.3) is 11.0 Å². The van der Waals surface area contributed by atoms with Crippen LogP contribution in [0, 0.1) is 13.8 Å². The summed E-state index contributed by atoms with van der Waals surface area (Å²) in [4.78, 5) is 27.7. The van der Waals surface area contributed by atoms with E-state index < -0.39 is 0 Å². The number of amides is 2. The van der Waals surface area contributed by atoms with Crippen molar-refractivity contribution in [1.29, 1.82) is 0 Å². The SMILES string of the molecule is Cc1cccc(C(=O)Nc2c(C(=O)N3CCOCC3)oc3ccccc23)c1C. The first-order chi connectivity index (χ1) is 13.6. The number of rotatable bonds is 3. The van der Waals surface area contributed by atoms with Crippen LogP contribution in [0.5, 0.6) is 0 Å². The fraction of sp³-hybridized carbons (Fsp3) is 0.273. The van der Waals surface area contributed by atoms with Gasteiger partial charge in [0, 0.05) is 24.0 Å². The summed E-state index contributed by atoms with van der Waals surface area (Å²) in [5.41, 5.74) is 3.51. The summed E-state index contributed by atoms with van der Waals surface area (Å²) < 4.78 is 11.2. The number of hydrogen-bond donors (Lipinski definition) is 1. The van der Waals surface area contributed by atoms with Gasteiger partial charge in [-0.05, 0) is 43.2 Å². The molecule has 1 fully saturated rings. The van der Waals surface area contributed by atoms with Gasteiger partial charge in [-0.25, -0.2) is 0 Å². The number of fused-ring (bicyclic) bond motifs is 1. The summed E-state index contributed by atoms with van der Waals surface area (Å²) >= 11 is 0. The van der Waals surface area contributed by atoms with Crippen LogP contribution in [0.3, 0.4) is 0 Å². The Labute approximate surface area is 163 Å². The Hall–Kier alpha value is -3.12. The highest BCUT2D eigenvalue weighted by molar-refractivity contribution is 6.14. The zero-order chi connectivity index (χ0) is 19.7. The minimum absolute atomic E-state index is 0.154. The van der Waals surface area contributed by atoms with Gasteiger partial charge in [-0.1, -0.05) is 24.3 Å². The second-order valence-corrected chi connectivity index (χ2v) is 6.91. The summed E-state index contributed by atoms with van der Waals surface area (Å²) in [5, 5.41) is 3.63. The van der Waals surface area contributed by atoms with E-state index in [0.717, 1.165) is 11.1 Å². The first-order valence-electron chi connectivity index (χ1n) is 9.32. The van der Waals surface area contributed by atoms with Crippen molar-refractivity contribution in [2.75, 3.05) is 31.6 Å². The minimum Gasteiger partial charge on any atom is -0.449 e. The normalized spacial score (nSPS) is 14.3. The average Bonchev–Trinajstić information content (AvgIpc) is 3.08. The number of anilines is 1. The molecule has 1 aliphatic rings. The molecule has 0 saturated carbocycles. The highest BCUT2D eigenvalue weighted by Crippen LogP contribution is 2.32. The van der Waals surface area contributed by atoms with E-state index in [1.165, 1.54) is 0 Å². The summed E-state index contributed by atoms with van der Waals surface area (Å²) in [6, 6.07) is 12.9. The predicted molar refractivity (Wildman–Crippen MR) is 107 cm³/mol. The molecule has 1 saturated heterocycles. The van der Waals surface area contributed by atoms with Gasteiger partial charge in [0.1, 0.15) is 11.3 Å². The number of benzene rings is 2. The zero-order valence-electron chi connectivity index (χ0n) is 16.0. The molecule has 1 aromatic heterocycles. The Morgan fingerprint density at radius 3 is 2.54 bits per heavy atom. The maximum absolute atomic E-state index is 13.1. The molecule has 0 atom stereocenters. The number of carbonyl (C=O) groups is 2. The largest absolute Gasteiger partial charge is 0.449 e. The molecule has 0 aliphatic carbocycles. The van der Waals surface area contributed by atoms with Gasteiger partial charge in [0.05, 0.1) is 13.2 Å². The number of para-hydroxylation sites is 1. The molecule has 2 aromatic carbocycles. The molecule has 4 rings (SSSR count). The van der Waals surface area contributed by atoms with Gasteiger partial charge < -0.3 is 19.4 Å². The molecule has 2 amide bonds. The lowest BCUT2D eigenvalue weighted by Crippen LogP contribution is -2.40. The van der Waals surface area contributed by atoms with Crippen molar-refractivity contribution in [2.45, 2.75) is 13.8 Å². The molecule has 28 heavy (non-hydrogen) atoms. The quantitative estimate of drug-likeness (QED) is 0.753. The third kappa shape index (κ3) is 3.27. The molecule has 3 aromatic rings. The molecule has 0 bridgehead atoms. The van der Waals surface area contributed by atoms with Crippen LogP contribution in [0.4, 0.5) is 5.69 Å². The maximum atomic E-state index is 13.1. The molecular formula is C22H22N2O4. The fourth-order valence-corrected chi connectivity index (χ4v) is 3.41. The standard InChI is InChI=1S/C22H22N2O4/c1-14-6-5-8-16(15(14)2)21(25)23-19-17-7-3-4-9-18(17)28-20(19)22(26)24-10-12-27-13-11-24/h3-9H,10-13H2,1-2H3,(H,23,25). The van der Waals surface area contributed by atoms with E-state index in [-0.39, 0.29) is 17.6 Å². The second-order valence-electron chi connectivity index (χ2n) is 6.91. The fourth-order valence-electron chi connectivity index (χ4n) is 3.41. The number of morpholine rings is 1. The molecule has 0 spiro atoms. The molecule has 144 valence electrons. The number of hydrogen-bond acceptors (Lipinski definition) is 4. The van der Waals surface area contributed by atoms with Gasteiger partial charge in [0.15, 0.2) is 0 Å². The van der Waals surface area contributed by atoms with Crippen LogP contribution in [-0.2, 0) is 4.74 Å². The van der Waals surface area contributed by atoms with E-state index in [4.69, 9.17) is 9.15 Å². The minimum atomic E-state index is -0.260. The van der Waals surface area contributed by atoms with E-state index in [0.29, 0.717) is 48.5 Å². The van der Waals surface area contributed by atoms with E-state index in [2.05, 4.69) is 5.32 Å². The Morgan fingerprint density at radius 1 is 1.00 bits per heavy atom. The van der Waals surface area contributed by atoms with Crippen LogP contribution in [0.1, 0.15) is 32.0 Å². The lowest BCUT2D eigenvalue weighted by molar-refractivity contribution is 0.0285. The number of carbonyl (C=O) groups excluding carboxylic acids is 2. The van der Waals surface area contributed by atoms with Gasteiger partial charge in [-0.3, -0.25) is 9.59 Å². The molecule has 1 aliphatic heterocycles. The molecule has 0 radical (unpaired) electrons. The van der Waals surface area contributed by atoms with Crippen molar-refractivity contribution >= 4 is 28.5 Å². The monoisotopic (exact) mass is 378 g/mol. The van der Waals surface area contributed by atoms with Crippen LogP contribution < -0.4 is 5.32 Å². The smallest absolute Gasteiger partial charge is 0.291 e. The Morgan fingerprint density at radius 2 is 1.75 bits per heavy atom. The van der Waals surface area contributed by atoms with Crippen molar-refractivity contribution in [2.24, 2.45) is 0 Å². The summed E-state index contributed by atoms with van der Waals surface area (Å²) in [5.74, 6) is -0.346. The van der Waals surface area contributed by atoms with Gasteiger partial charge in [0.25, 0.3) is 11.8 Å². The third-order valence-electron chi connectivity index (χ3n) is 5.18. The zero-order valence-corrected chi connectivity index (χ0v) is 16.0. The molecular weight excluding hydrogens is 356 g/mol. The lowest BCUT2D eigenvalue weighted by Gasteiger charge is -2.26. The van der Waals surface area contributed by atoms with Gasteiger partial charge in [-0.2, -0.15) is 0 Å². The number of aryl methyl sites for hydroxylation is 1. The second kappa shape index (κ2) is 7.48. The first-order valence-corrected chi connectivity index (χ1v) is 9.32. The van der Waals surface area contributed by atoms with Gasteiger partial charge in [-0.15, -0.1) is 0 Å². The van der Waals surface area contributed by atoms with Crippen molar-refractivity contribution in [3.63, 3.8) is 0 Å². The number of nitrogens with zero attached hydrogens (tertiary/aromatic N) is 1.